The quantitative estimate of drug-likeness (QED) is 0.908. The maximum atomic E-state index is 11.4. The summed E-state index contributed by atoms with van der Waals surface area (Å²) >= 11 is 5.96. The molecular weight excluding hydrogens is 290 g/mol. The lowest BCUT2D eigenvalue weighted by Crippen LogP contribution is -2.28. The van der Waals surface area contributed by atoms with Crippen molar-refractivity contribution in [3.8, 4) is 0 Å². The Labute approximate surface area is 127 Å². The summed E-state index contributed by atoms with van der Waals surface area (Å²) in [6.07, 6.45) is 1.20. The molecule has 1 aromatic heterocycles. The summed E-state index contributed by atoms with van der Waals surface area (Å²) in [5.74, 6) is -0.486. The van der Waals surface area contributed by atoms with E-state index in [0.717, 1.165) is 24.2 Å². The van der Waals surface area contributed by atoms with Gasteiger partial charge in [-0.25, -0.2) is 14.8 Å². The van der Waals surface area contributed by atoms with Gasteiger partial charge in [-0.3, -0.25) is 0 Å². The zero-order chi connectivity index (χ0) is 14.8. The zero-order valence-corrected chi connectivity index (χ0v) is 12.0. The number of hydrogen-bond donors (Lipinski definition) is 2. The lowest BCUT2D eigenvalue weighted by atomic mass is 10.0. The second kappa shape index (κ2) is 5.79. The minimum atomic E-state index is -1.01. The van der Waals surface area contributed by atoms with Gasteiger partial charge in [0.1, 0.15) is 5.82 Å². The van der Waals surface area contributed by atoms with Crippen LogP contribution < -0.4 is 5.32 Å². The van der Waals surface area contributed by atoms with E-state index in [2.05, 4.69) is 15.3 Å². The van der Waals surface area contributed by atoms with Crippen molar-refractivity contribution < 1.29 is 9.90 Å². The Hall–Kier alpha value is -1.98. The van der Waals surface area contributed by atoms with Crippen molar-refractivity contribution in [1.29, 1.82) is 0 Å². The second-order valence-corrected chi connectivity index (χ2v) is 5.39. The number of aromatic carboxylic acids is 1. The molecule has 2 heterocycles. The molecule has 108 valence electrons. The molecule has 0 atom stereocenters. The summed E-state index contributed by atoms with van der Waals surface area (Å²) < 4.78 is 0. The normalized spacial score (nSPS) is 13.8. The molecule has 0 fully saturated rings. The first kappa shape index (κ1) is 14.0. The topological polar surface area (TPSA) is 75.1 Å². The maximum absolute atomic E-state index is 11.4. The van der Waals surface area contributed by atoms with Crippen LogP contribution in [0.15, 0.2) is 24.3 Å². The van der Waals surface area contributed by atoms with Gasteiger partial charge in [0.15, 0.2) is 5.69 Å². The smallest absolute Gasteiger partial charge is 0.354 e. The van der Waals surface area contributed by atoms with Crippen LogP contribution in [0.25, 0.3) is 0 Å². The summed E-state index contributed by atoms with van der Waals surface area (Å²) in [6, 6.07) is 7.42. The van der Waals surface area contributed by atoms with Crippen molar-refractivity contribution in [2.45, 2.75) is 19.4 Å². The van der Waals surface area contributed by atoms with Gasteiger partial charge in [-0.1, -0.05) is 23.7 Å². The van der Waals surface area contributed by atoms with E-state index < -0.39 is 5.97 Å². The molecule has 6 heteroatoms. The highest BCUT2D eigenvalue weighted by molar-refractivity contribution is 6.30. The lowest BCUT2D eigenvalue weighted by molar-refractivity contribution is 0.0688. The molecule has 0 saturated carbocycles. The highest BCUT2D eigenvalue weighted by Gasteiger charge is 2.21. The first-order valence-corrected chi connectivity index (χ1v) is 7.08. The molecule has 2 aromatic rings. The molecule has 0 radical (unpaired) electrons. The van der Waals surface area contributed by atoms with E-state index in [1.807, 2.05) is 18.2 Å². The highest BCUT2D eigenvalue weighted by atomic mass is 35.5. The summed E-state index contributed by atoms with van der Waals surface area (Å²) in [5.41, 5.74) is 2.60. The molecule has 1 aromatic carbocycles. The van der Waals surface area contributed by atoms with Crippen molar-refractivity contribution >= 4 is 17.6 Å². The molecule has 1 aliphatic heterocycles. The van der Waals surface area contributed by atoms with Gasteiger partial charge in [0.05, 0.1) is 5.69 Å². The molecule has 5 nitrogen and oxygen atoms in total. The average Bonchev–Trinajstić information content (AvgIpc) is 2.46. The van der Waals surface area contributed by atoms with E-state index >= 15 is 0 Å². The molecule has 0 spiro atoms. The van der Waals surface area contributed by atoms with Crippen molar-refractivity contribution in [2.75, 3.05) is 6.54 Å². The average molecular weight is 304 g/mol. The number of hydrogen-bond acceptors (Lipinski definition) is 4. The third kappa shape index (κ3) is 3.04. The Kier molecular flexibility index (Phi) is 3.86. The van der Waals surface area contributed by atoms with Crippen LogP contribution in [0, 0.1) is 0 Å². The number of carbonyl (C=O) groups is 1. The van der Waals surface area contributed by atoms with Crippen LogP contribution >= 0.6 is 11.6 Å². The largest absolute Gasteiger partial charge is 0.476 e. The van der Waals surface area contributed by atoms with Gasteiger partial charge in [-0.15, -0.1) is 0 Å². The number of benzene rings is 1. The van der Waals surface area contributed by atoms with Gasteiger partial charge >= 0.3 is 5.97 Å². The molecular formula is C15H14ClN3O2. The Bertz CT molecular complexity index is 703. The van der Waals surface area contributed by atoms with Gasteiger partial charge in [0.2, 0.25) is 0 Å². The SMILES string of the molecule is O=C(O)c1nc(Cc2cccc(Cl)c2)nc2c1CNCC2. The zero-order valence-electron chi connectivity index (χ0n) is 11.3. The summed E-state index contributed by atoms with van der Waals surface area (Å²) in [7, 11) is 0. The number of rotatable bonds is 3. The third-order valence-corrected chi connectivity index (χ3v) is 3.67. The van der Waals surface area contributed by atoms with E-state index in [4.69, 9.17) is 11.6 Å². The van der Waals surface area contributed by atoms with Crippen molar-refractivity contribution in [3.05, 3.63) is 57.6 Å². The van der Waals surface area contributed by atoms with Gasteiger partial charge < -0.3 is 10.4 Å². The van der Waals surface area contributed by atoms with E-state index in [9.17, 15) is 9.90 Å². The Balaban J connectivity index is 1.99. The van der Waals surface area contributed by atoms with Crippen LogP contribution in [-0.4, -0.2) is 27.6 Å². The molecule has 0 bridgehead atoms. The summed E-state index contributed by atoms with van der Waals surface area (Å²) in [6.45, 7) is 1.31. The number of carboxylic acids is 1. The van der Waals surface area contributed by atoms with Gasteiger partial charge in [0, 0.05) is 36.5 Å². The maximum Gasteiger partial charge on any atom is 0.354 e. The predicted octanol–water partition coefficient (Wildman–Crippen LogP) is 2.06. The standard InChI is InChI=1S/C15H14ClN3O2/c16-10-3-1-2-9(6-10)7-13-18-12-4-5-17-8-11(12)14(19-13)15(20)21/h1-3,6,17H,4-5,7-8H2,(H,20,21). The number of nitrogens with one attached hydrogen (secondary N) is 1. The molecule has 0 amide bonds. The van der Waals surface area contributed by atoms with Gasteiger partial charge in [0.25, 0.3) is 0 Å². The van der Waals surface area contributed by atoms with Crippen LogP contribution in [0.3, 0.4) is 0 Å². The van der Waals surface area contributed by atoms with Crippen molar-refractivity contribution in [1.82, 2.24) is 15.3 Å². The molecule has 2 N–H and O–H groups in total. The van der Waals surface area contributed by atoms with Crippen LogP contribution in [0.4, 0.5) is 0 Å². The molecule has 0 saturated heterocycles. The Morgan fingerprint density at radius 2 is 2.24 bits per heavy atom. The Morgan fingerprint density at radius 1 is 1.38 bits per heavy atom. The number of carboxylic acid groups (broad SMARTS) is 1. The molecule has 0 aliphatic carbocycles. The number of aromatic nitrogens is 2. The van der Waals surface area contributed by atoms with Crippen molar-refractivity contribution in [3.63, 3.8) is 0 Å². The van der Waals surface area contributed by atoms with E-state index in [-0.39, 0.29) is 5.69 Å². The van der Waals surface area contributed by atoms with Crippen LogP contribution in [-0.2, 0) is 19.4 Å². The third-order valence-electron chi connectivity index (χ3n) is 3.43. The van der Waals surface area contributed by atoms with E-state index in [1.54, 1.807) is 6.07 Å². The van der Waals surface area contributed by atoms with Crippen molar-refractivity contribution in [2.24, 2.45) is 0 Å². The number of halogens is 1. The van der Waals surface area contributed by atoms with E-state index in [0.29, 0.717) is 29.4 Å². The molecule has 3 rings (SSSR count). The number of nitrogens with zero attached hydrogens (tertiary/aromatic N) is 2. The molecule has 1 aliphatic rings. The van der Waals surface area contributed by atoms with Gasteiger partial charge in [-0.2, -0.15) is 0 Å². The fourth-order valence-electron chi connectivity index (χ4n) is 2.48. The fraction of sp³-hybridized carbons (Fsp3) is 0.267. The highest BCUT2D eigenvalue weighted by Crippen LogP contribution is 2.18. The van der Waals surface area contributed by atoms with Gasteiger partial charge in [-0.05, 0) is 17.7 Å². The first-order chi connectivity index (χ1) is 10.1. The molecule has 21 heavy (non-hydrogen) atoms. The monoisotopic (exact) mass is 303 g/mol. The van der Waals surface area contributed by atoms with E-state index in [1.165, 1.54) is 0 Å². The van der Waals surface area contributed by atoms with Crippen LogP contribution in [0.2, 0.25) is 5.02 Å². The Morgan fingerprint density at radius 3 is 3.00 bits per heavy atom. The van der Waals surface area contributed by atoms with Crippen LogP contribution in [0.1, 0.15) is 33.1 Å². The summed E-state index contributed by atoms with van der Waals surface area (Å²) in [4.78, 5) is 20.1. The minimum Gasteiger partial charge on any atom is -0.476 e. The number of fused-ring (bicyclic) bond motifs is 1. The predicted molar refractivity (Wildman–Crippen MR) is 78.7 cm³/mol. The lowest BCUT2D eigenvalue weighted by Gasteiger charge is -2.18. The second-order valence-electron chi connectivity index (χ2n) is 4.95. The molecule has 0 unspecified atom stereocenters. The summed E-state index contributed by atoms with van der Waals surface area (Å²) in [5, 5.41) is 13.1. The first-order valence-electron chi connectivity index (χ1n) is 6.70. The minimum absolute atomic E-state index is 0.101. The van der Waals surface area contributed by atoms with Crippen LogP contribution in [0.5, 0.6) is 0 Å². The fourth-order valence-corrected chi connectivity index (χ4v) is 2.69.